The Hall–Kier alpha value is -2.41. The van der Waals surface area contributed by atoms with Gasteiger partial charge in [0.1, 0.15) is 6.04 Å². The van der Waals surface area contributed by atoms with E-state index in [0.717, 1.165) is 24.8 Å². The predicted octanol–water partition coefficient (Wildman–Crippen LogP) is 0.522. The van der Waals surface area contributed by atoms with Gasteiger partial charge in [-0.2, -0.15) is 0 Å². The van der Waals surface area contributed by atoms with Crippen LogP contribution >= 0.6 is 0 Å². The van der Waals surface area contributed by atoms with Crippen molar-refractivity contribution in [2.24, 2.45) is 5.73 Å². The maximum atomic E-state index is 12.3. The Bertz CT molecular complexity index is 549. The monoisotopic (exact) mass is 349 g/mol. The number of benzene rings is 1. The number of unbranched alkanes of at least 4 members (excludes halogenated alkanes) is 2. The second kappa shape index (κ2) is 12.0. The summed E-state index contributed by atoms with van der Waals surface area (Å²) in [7, 11) is 1.37. The quantitative estimate of drug-likeness (QED) is 0.398. The van der Waals surface area contributed by atoms with Gasteiger partial charge in [0.2, 0.25) is 11.8 Å². The van der Waals surface area contributed by atoms with E-state index in [1.807, 2.05) is 30.3 Å². The Labute approximate surface area is 148 Å². The fourth-order valence-electron chi connectivity index (χ4n) is 2.32. The van der Waals surface area contributed by atoms with E-state index >= 15 is 0 Å². The third-order valence-electron chi connectivity index (χ3n) is 3.70. The van der Waals surface area contributed by atoms with E-state index in [-0.39, 0.29) is 24.3 Å². The number of hydrogen-bond acceptors (Lipinski definition) is 5. The van der Waals surface area contributed by atoms with Crippen molar-refractivity contribution in [3.8, 4) is 0 Å². The van der Waals surface area contributed by atoms with E-state index in [1.54, 1.807) is 0 Å². The lowest BCUT2D eigenvalue weighted by Gasteiger charge is -2.18. The van der Waals surface area contributed by atoms with Crippen molar-refractivity contribution >= 4 is 17.8 Å². The van der Waals surface area contributed by atoms with Crippen LogP contribution in [0.1, 0.15) is 31.2 Å². The van der Waals surface area contributed by atoms with Crippen LogP contribution < -0.4 is 16.4 Å². The Kier molecular flexibility index (Phi) is 9.92. The number of carbonyl (C=O) groups is 3. The van der Waals surface area contributed by atoms with Crippen molar-refractivity contribution in [3.63, 3.8) is 0 Å². The fourth-order valence-corrected chi connectivity index (χ4v) is 2.32. The van der Waals surface area contributed by atoms with Crippen LogP contribution in [0, 0.1) is 0 Å². The highest BCUT2D eigenvalue weighted by atomic mass is 16.5. The molecule has 0 aromatic heterocycles. The first-order valence-corrected chi connectivity index (χ1v) is 8.44. The van der Waals surface area contributed by atoms with Gasteiger partial charge in [-0.05, 0) is 18.4 Å². The van der Waals surface area contributed by atoms with Gasteiger partial charge in [0.15, 0.2) is 0 Å². The minimum absolute atomic E-state index is 0.161. The third kappa shape index (κ3) is 8.85. The molecule has 0 heterocycles. The van der Waals surface area contributed by atoms with E-state index in [2.05, 4.69) is 15.4 Å². The number of ether oxygens (including phenoxy) is 1. The molecule has 1 aromatic rings. The molecule has 138 valence electrons. The Balaban J connectivity index is 2.41. The molecule has 4 N–H and O–H groups in total. The molecule has 0 fully saturated rings. The van der Waals surface area contributed by atoms with E-state index < -0.39 is 6.04 Å². The zero-order chi connectivity index (χ0) is 18.5. The normalized spacial score (nSPS) is 11.4. The van der Waals surface area contributed by atoms with Crippen LogP contribution in [0.3, 0.4) is 0 Å². The van der Waals surface area contributed by atoms with Crippen molar-refractivity contribution in [2.45, 2.75) is 38.1 Å². The Morgan fingerprint density at radius 1 is 1.12 bits per heavy atom. The average molecular weight is 349 g/mol. The van der Waals surface area contributed by atoms with Crippen LogP contribution in [0.2, 0.25) is 0 Å². The average Bonchev–Trinajstić information content (AvgIpc) is 2.64. The number of nitrogens with two attached hydrogens (primary N) is 1. The van der Waals surface area contributed by atoms with Crippen LogP contribution in [-0.2, 0) is 25.5 Å². The SMILES string of the molecule is COC(=O)CCCCCNC(=O)[C@H](Cc1ccccc1)NC(=O)CN. The van der Waals surface area contributed by atoms with Gasteiger partial charge in [0, 0.05) is 19.4 Å². The van der Waals surface area contributed by atoms with Crippen LogP contribution in [0.4, 0.5) is 0 Å². The molecule has 7 heteroatoms. The molecule has 7 nitrogen and oxygen atoms in total. The molecule has 25 heavy (non-hydrogen) atoms. The number of amides is 2. The van der Waals surface area contributed by atoms with Crippen LogP contribution in [0.5, 0.6) is 0 Å². The molecule has 0 aliphatic heterocycles. The topological polar surface area (TPSA) is 111 Å². The fraction of sp³-hybridized carbons (Fsp3) is 0.500. The molecule has 1 aromatic carbocycles. The van der Waals surface area contributed by atoms with Crippen molar-refractivity contribution in [2.75, 3.05) is 20.2 Å². The second-order valence-electron chi connectivity index (χ2n) is 5.69. The van der Waals surface area contributed by atoms with Crippen LogP contribution in [0.25, 0.3) is 0 Å². The molecule has 0 spiro atoms. The van der Waals surface area contributed by atoms with E-state index in [0.29, 0.717) is 19.4 Å². The van der Waals surface area contributed by atoms with Crippen molar-refractivity contribution in [3.05, 3.63) is 35.9 Å². The van der Waals surface area contributed by atoms with Gasteiger partial charge in [-0.25, -0.2) is 0 Å². The highest BCUT2D eigenvalue weighted by molar-refractivity contribution is 5.88. The van der Waals surface area contributed by atoms with Gasteiger partial charge in [-0.1, -0.05) is 36.8 Å². The van der Waals surface area contributed by atoms with E-state index in [4.69, 9.17) is 5.73 Å². The lowest BCUT2D eigenvalue weighted by molar-refractivity contribution is -0.140. The largest absolute Gasteiger partial charge is 0.469 e. The maximum Gasteiger partial charge on any atom is 0.305 e. The predicted molar refractivity (Wildman–Crippen MR) is 94.6 cm³/mol. The Morgan fingerprint density at radius 3 is 2.48 bits per heavy atom. The van der Waals surface area contributed by atoms with Crippen LogP contribution in [-0.4, -0.2) is 44.0 Å². The molecular formula is C18H27N3O4. The summed E-state index contributed by atoms with van der Waals surface area (Å²) < 4.78 is 4.57. The van der Waals surface area contributed by atoms with Gasteiger partial charge < -0.3 is 21.1 Å². The molecule has 0 bridgehead atoms. The summed E-state index contributed by atoms with van der Waals surface area (Å²) in [5.74, 6) is -0.829. The molecule has 0 aliphatic rings. The highest BCUT2D eigenvalue weighted by Gasteiger charge is 2.20. The summed E-state index contributed by atoms with van der Waals surface area (Å²) in [6, 6.07) is 8.81. The number of carbonyl (C=O) groups excluding carboxylic acids is 3. The molecule has 0 aliphatic carbocycles. The zero-order valence-corrected chi connectivity index (χ0v) is 14.6. The number of methoxy groups -OCH3 is 1. The van der Waals surface area contributed by atoms with Crippen molar-refractivity contribution in [1.29, 1.82) is 0 Å². The molecule has 0 unspecified atom stereocenters. The van der Waals surface area contributed by atoms with E-state index in [9.17, 15) is 14.4 Å². The lowest BCUT2D eigenvalue weighted by atomic mass is 10.0. The molecule has 1 atom stereocenters. The van der Waals surface area contributed by atoms with Gasteiger partial charge in [0.25, 0.3) is 0 Å². The van der Waals surface area contributed by atoms with Gasteiger partial charge in [0.05, 0.1) is 13.7 Å². The molecule has 0 radical (unpaired) electrons. The van der Waals surface area contributed by atoms with Crippen LogP contribution in [0.15, 0.2) is 30.3 Å². The minimum atomic E-state index is -0.659. The summed E-state index contributed by atoms with van der Waals surface area (Å²) >= 11 is 0. The van der Waals surface area contributed by atoms with Crippen molar-refractivity contribution < 1.29 is 19.1 Å². The Morgan fingerprint density at radius 2 is 1.84 bits per heavy atom. The number of rotatable bonds is 11. The number of hydrogen-bond donors (Lipinski definition) is 3. The standard InChI is InChI=1S/C18H27N3O4/c1-25-17(23)10-6-3-7-11-20-18(24)15(21-16(22)13-19)12-14-8-4-2-5-9-14/h2,4-5,8-9,15H,3,6-7,10-13,19H2,1H3,(H,20,24)(H,21,22)/t15-/m0/s1. The number of esters is 1. The summed E-state index contributed by atoms with van der Waals surface area (Å²) in [5, 5.41) is 5.48. The zero-order valence-electron chi connectivity index (χ0n) is 14.6. The first kappa shape index (κ1) is 20.6. The van der Waals surface area contributed by atoms with Gasteiger partial charge in [-0.3, -0.25) is 14.4 Å². The molecule has 2 amide bonds. The molecule has 1 rings (SSSR count). The maximum absolute atomic E-state index is 12.3. The van der Waals surface area contributed by atoms with Gasteiger partial charge in [-0.15, -0.1) is 0 Å². The lowest BCUT2D eigenvalue weighted by Crippen LogP contribution is -2.49. The van der Waals surface area contributed by atoms with Gasteiger partial charge >= 0.3 is 5.97 Å². The summed E-state index contributed by atoms with van der Waals surface area (Å²) in [5.41, 5.74) is 6.28. The number of nitrogens with one attached hydrogen (secondary N) is 2. The first-order chi connectivity index (χ1) is 12.1. The third-order valence-corrected chi connectivity index (χ3v) is 3.70. The summed E-state index contributed by atoms with van der Waals surface area (Å²) in [6.07, 6.45) is 3.08. The summed E-state index contributed by atoms with van der Waals surface area (Å²) in [6.45, 7) is 0.329. The molecular weight excluding hydrogens is 322 g/mol. The first-order valence-electron chi connectivity index (χ1n) is 8.44. The molecule has 0 saturated heterocycles. The van der Waals surface area contributed by atoms with E-state index in [1.165, 1.54) is 7.11 Å². The minimum Gasteiger partial charge on any atom is -0.469 e. The second-order valence-corrected chi connectivity index (χ2v) is 5.69. The summed E-state index contributed by atoms with van der Waals surface area (Å²) in [4.78, 5) is 34.9. The highest BCUT2D eigenvalue weighted by Crippen LogP contribution is 2.04. The molecule has 0 saturated carbocycles. The van der Waals surface area contributed by atoms with Crippen molar-refractivity contribution in [1.82, 2.24) is 10.6 Å². The smallest absolute Gasteiger partial charge is 0.305 e.